The number of nitrogens with one attached hydrogen (secondary N) is 1. The third-order valence-electron chi connectivity index (χ3n) is 2.91. The van der Waals surface area contributed by atoms with Crippen LogP contribution in [0.2, 0.25) is 0 Å². The number of pyridine rings is 1. The molecule has 0 fully saturated rings. The highest BCUT2D eigenvalue weighted by Gasteiger charge is 2.08. The number of amides is 1. The van der Waals surface area contributed by atoms with E-state index in [0.717, 1.165) is 23.7 Å². The van der Waals surface area contributed by atoms with Crippen molar-refractivity contribution < 1.29 is 14.7 Å². The number of aromatic carboxylic acids is 1. The van der Waals surface area contributed by atoms with Crippen molar-refractivity contribution in [3.63, 3.8) is 0 Å². The zero-order valence-corrected chi connectivity index (χ0v) is 12.6. The van der Waals surface area contributed by atoms with E-state index in [1.807, 2.05) is 30.3 Å². The van der Waals surface area contributed by atoms with Gasteiger partial charge in [0.05, 0.1) is 11.7 Å². The first-order chi connectivity index (χ1) is 10.7. The molecule has 0 aliphatic carbocycles. The second-order valence-electron chi connectivity index (χ2n) is 4.52. The Morgan fingerprint density at radius 2 is 1.91 bits per heavy atom. The maximum atomic E-state index is 11.8. The average Bonchev–Trinajstić information content (AvgIpc) is 2.54. The normalized spacial score (nSPS) is 10.2. The van der Waals surface area contributed by atoms with Gasteiger partial charge in [0.15, 0.2) is 0 Å². The van der Waals surface area contributed by atoms with Gasteiger partial charge in [0.1, 0.15) is 5.03 Å². The van der Waals surface area contributed by atoms with Crippen molar-refractivity contribution in [1.82, 2.24) is 10.3 Å². The van der Waals surface area contributed by atoms with Gasteiger partial charge >= 0.3 is 0 Å². The van der Waals surface area contributed by atoms with E-state index in [4.69, 9.17) is 0 Å². The van der Waals surface area contributed by atoms with Gasteiger partial charge in [-0.25, -0.2) is 4.98 Å². The summed E-state index contributed by atoms with van der Waals surface area (Å²) in [6, 6.07) is 12.8. The van der Waals surface area contributed by atoms with Gasteiger partial charge in [0.25, 0.3) is 0 Å². The molecule has 0 bridgehead atoms. The third-order valence-corrected chi connectivity index (χ3v) is 3.92. The van der Waals surface area contributed by atoms with E-state index in [1.54, 1.807) is 0 Å². The smallest absolute Gasteiger partial charge is 0.230 e. The van der Waals surface area contributed by atoms with Gasteiger partial charge in [-0.2, -0.15) is 0 Å². The zero-order valence-electron chi connectivity index (χ0n) is 11.8. The van der Waals surface area contributed by atoms with Crippen LogP contribution < -0.4 is 10.4 Å². The SMILES string of the molecule is O=C(CSc1ncccc1C(=O)[O-])NCCc1ccccc1. The van der Waals surface area contributed by atoms with Crippen LogP contribution in [0.15, 0.2) is 53.7 Å². The van der Waals surface area contributed by atoms with Gasteiger partial charge in [-0.05, 0) is 24.1 Å². The quantitative estimate of drug-likeness (QED) is 0.768. The first kappa shape index (κ1) is 16.0. The molecule has 114 valence electrons. The topological polar surface area (TPSA) is 82.1 Å². The fourth-order valence-electron chi connectivity index (χ4n) is 1.84. The minimum absolute atomic E-state index is 0.00425. The molecule has 0 spiro atoms. The molecule has 0 aliphatic heterocycles. The Balaban J connectivity index is 1.77. The maximum Gasteiger partial charge on any atom is 0.230 e. The van der Waals surface area contributed by atoms with Gasteiger partial charge in [0, 0.05) is 18.3 Å². The molecule has 0 saturated heterocycles. The molecule has 2 rings (SSSR count). The van der Waals surface area contributed by atoms with Crippen molar-refractivity contribution in [2.24, 2.45) is 0 Å². The highest BCUT2D eigenvalue weighted by Crippen LogP contribution is 2.18. The van der Waals surface area contributed by atoms with E-state index in [-0.39, 0.29) is 17.2 Å². The van der Waals surface area contributed by atoms with E-state index in [9.17, 15) is 14.7 Å². The van der Waals surface area contributed by atoms with Crippen molar-refractivity contribution >= 4 is 23.6 Å². The molecule has 6 heteroatoms. The van der Waals surface area contributed by atoms with Gasteiger partial charge in [-0.3, -0.25) is 4.79 Å². The van der Waals surface area contributed by atoms with Crippen LogP contribution in [0.25, 0.3) is 0 Å². The lowest BCUT2D eigenvalue weighted by Crippen LogP contribution is -2.27. The van der Waals surface area contributed by atoms with Crippen molar-refractivity contribution in [2.45, 2.75) is 11.4 Å². The number of carbonyl (C=O) groups excluding carboxylic acids is 2. The van der Waals surface area contributed by atoms with Gasteiger partial charge in [-0.15, -0.1) is 0 Å². The van der Waals surface area contributed by atoms with Crippen LogP contribution in [-0.2, 0) is 11.2 Å². The molecule has 22 heavy (non-hydrogen) atoms. The number of thioether (sulfide) groups is 1. The molecule has 1 heterocycles. The van der Waals surface area contributed by atoms with Crippen molar-refractivity contribution in [2.75, 3.05) is 12.3 Å². The van der Waals surface area contributed by atoms with Gasteiger partial charge in [-0.1, -0.05) is 42.1 Å². The van der Waals surface area contributed by atoms with E-state index < -0.39 is 5.97 Å². The number of carboxylic acids is 1. The molecule has 0 saturated carbocycles. The molecule has 1 aromatic carbocycles. The lowest BCUT2D eigenvalue weighted by atomic mass is 10.1. The van der Waals surface area contributed by atoms with Crippen molar-refractivity contribution in [3.8, 4) is 0 Å². The Bertz CT molecular complexity index is 647. The molecule has 2 aromatic rings. The summed E-state index contributed by atoms with van der Waals surface area (Å²) in [5.74, 6) is -1.33. The van der Waals surface area contributed by atoms with Crippen LogP contribution in [0.5, 0.6) is 0 Å². The molecule has 0 aliphatic rings. The lowest BCUT2D eigenvalue weighted by molar-refractivity contribution is -0.255. The Morgan fingerprint density at radius 1 is 1.14 bits per heavy atom. The predicted octanol–water partition coefficient (Wildman–Crippen LogP) is 0.896. The first-order valence-corrected chi connectivity index (χ1v) is 7.75. The first-order valence-electron chi connectivity index (χ1n) is 6.76. The minimum Gasteiger partial charge on any atom is -0.545 e. The molecule has 5 nitrogen and oxygen atoms in total. The number of carbonyl (C=O) groups is 2. The average molecular weight is 315 g/mol. The lowest BCUT2D eigenvalue weighted by Gasteiger charge is -2.09. The molecule has 1 aromatic heterocycles. The zero-order chi connectivity index (χ0) is 15.8. The fraction of sp³-hybridized carbons (Fsp3) is 0.188. The third kappa shape index (κ3) is 4.89. The van der Waals surface area contributed by atoms with Crippen LogP contribution in [0.4, 0.5) is 0 Å². The van der Waals surface area contributed by atoms with Crippen LogP contribution in [0, 0.1) is 0 Å². The molecular formula is C16H15N2O3S-. The molecular weight excluding hydrogens is 300 g/mol. The molecule has 0 unspecified atom stereocenters. The highest BCUT2D eigenvalue weighted by atomic mass is 32.2. The molecule has 1 amide bonds. The summed E-state index contributed by atoms with van der Waals surface area (Å²) >= 11 is 1.09. The van der Waals surface area contributed by atoms with E-state index in [0.29, 0.717) is 11.6 Å². The molecule has 0 radical (unpaired) electrons. The number of rotatable bonds is 7. The summed E-state index contributed by atoms with van der Waals surface area (Å²) in [7, 11) is 0. The van der Waals surface area contributed by atoms with Crippen LogP contribution in [0.3, 0.4) is 0 Å². The Hall–Kier alpha value is -2.34. The minimum atomic E-state index is -1.29. The van der Waals surface area contributed by atoms with Crippen LogP contribution in [0.1, 0.15) is 15.9 Å². The highest BCUT2D eigenvalue weighted by molar-refractivity contribution is 8.00. The monoisotopic (exact) mass is 315 g/mol. The number of benzene rings is 1. The fourth-order valence-corrected chi connectivity index (χ4v) is 2.65. The Kier molecular flexibility index (Phi) is 5.97. The number of hydrogen-bond acceptors (Lipinski definition) is 5. The van der Waals surface area contributed by atoms with E-state index >= 15 is 0 Å². The molecule has 1 N–H and O–H groups in total. The largest absolute Gasteiger partial charge is 0.545 e. The number of aromatic nitrogens is 1. The van der Waals surface area contributed by atoms with Crippen LogP contribution >= 0.6 is 11.8 Å². The summed E-state index contributed by atoms with van der Waals surface area (Å²) in [4.78, 5) is 26.7. The maximum absolute atomic E-state index is 11.8. The number of hydrogen-bond donors (Lipinski definition) is 1. The second kappa shape index (κ2) is 8.19. The van der Waals surface area contributed by atoms with Gasteiger partial charge < -0.3 is 15.2 Å². The summed E-state index contributed by atoms with van der Waals surface area (Å²) in [5, 5.41) is 14.0. The van der Waals surface area contributed by atoms with Crippen molar-refractivity contribution in [1.29, 1.82) is 0 Å². The summed E-state index contributed by atoms with van der Waals surface area (Å²) < 4.78 is 0. The summed E-state index contributed by atoms with van der Waals surface area (Å²) in [6.07, 6.45) is 2.24. The molecule has 0 atom stereocenters. The van der Waals surface area contributed by atoms with Crippen LogP contribution in [-0.4, -0.2) is 29.2 Å². The summed E-state index contributed by atoms with van der Waals surface area (Å²) in [5.41, 5.74) is 1.16. The summed E-state index contributed by atoms with van der Waals surface area (Å²) in [6.45, 7) is 0.541. The standard InChI is InChI=1S/C16H16N2O3S/c19-14(17-10-8-12-5-2-1-3-6-12)11-22-15-13(16(20)21)7-4-9-18-15/h1-7,9H,8,10-11H2,(H,17,19)(H,20,21)/p-1. The van der Waals surface area contributed by atoms with Gasteiger partial charge in [0.2, 0.25) is 5.91 Å². The van der Waals surface area contributed by atoms with E-state index in [2.05, 4.69) is 10.3 Å². The Labute approximate surface area is 132 Å². The van der Waals surface area contributed by atoms with Crippen molar-refractivity contribution in [3.05, 3.63) is 59.8 Å². The second-order valence-corrected chi connectivity index (χ2v) is 5.48. The Morgan fingerprint density at radius 3 is 2.64 bits per heavy atom. The number of nitrogens with zero attached hydrogens (tertiary/aromatic N) is 1. The number of carboxylic acid groups (broad SMARTS) is 1. The van der Waals surface area contributed by atoms with E-state index in [1.165, 1.54) is 18.3 Å². The predicted molar refractivity (Wildman–Crippen MR) is 82.4 cm³/mol.